The molecule has 2 aromatic rings. The van der Waals surface area contributed by atoms with Crippen LogP contribution < -0.4 is 5.32 Å². The molecular formula is C18H21N3O4S2. The SMILES string of the molecule is CN(C)C(=O)CNC(=O)c1cccc(S(=O)(=O)N2CCc3sccc3C2)c1. The summed E-state index contributed by atoms with van der Waals surface area (Å²) in [4.78, 5) is 26.5. The van der Waals surface area contributed by atoms with E-state index in [4.69, 9.17) is 0 Å². The molecule has 1 aliphatic heterocycles. The van der Waals surface area contributed by atoms with Gasteiger partial charge in [-0.2, -0.15) is 4.31 Å². The zero-order valence-corrected chi connectivity index (χ0v) is 16.8. The number of thiophene rings is 1. The molecule has 9 heteroatoms. The van der Waals surface area contributed by atoms with Crippen LogP contribution in [-0.4, -0.2) is 56.6 Å². The molecule has 2 amide bonds. The highest BCUT2D eigenvalue weighted by Gasteiger charge is 2.29. The van der Waals surface area contributed by atoms with Gasteiger partial charge in [-0.3, -0.25) is 9.59 Å². The lowest BCUT2D eigenvalue weighted by Crippen LogP contribution is -2.37. The molecule has 1 aliphatic rings. The second-order valence-corrected chi connectivity index (χ2v) is 9.39. The van der Waals surface area contributed by atoms with Gasteiger partial charge in [0, 0.05) is 37.6 Å². The van der Waals surface area contributed by atoms with Gasteiger partial charge in [-0.25, -0.2) is 8.42 Å². The summed E-state index contributed by atoms with van der Waals surface area (Å²) in [5.41, 5.74) is 1.24. The van der Waals surface area contributed by atoms with Crippen LogP contribution in [0.3, 0.4) is 0 Å². The molecule has 2 heterocycles. The van der Waals surface area contributed by atoms with Crippen LogP contribution in [0.5, 0.6) is 0 Å². The molecule has 0 saturated heterocycles. The van der Waals surface area contributed by atoms with Crippen LogP contribution in [0.15, 0.2) is 40.6 Å². The Labute approximate surface area is 162 Å². The number of likely N-dealkylation sites (N-methyl/N-ethyl adjacent to an activating group) is 1. The monoisotopic (exact) mass is 407 g/mol. The Balaban J connectivity index is 1.76. The number of carbonyl (C=O) groups excluding carboxylic acids is 2. The van der Waals surface area contributed by atoms with Gasteiger partial charge in [0.25, 0.3) is 5.91 Å². The van der Waals surface area contributed by atoms with Crippen LogP contribution in [0.2, 0.25) is 0 Å². The third-order valence-electron chi connectivity index (χ3n) is 4.41. The normalized spacial score (nSPS) is 14.4. The van der Waals surface area contributed by atoms with Gasteiger partial charge in [0.2, 0.25) is 15.9 Å². The Hall–Kier alpha value is -2.23. The molecule has 27 heavy (non-hydrogen) atoms. The number of carbonyl (C=O) groups is 2. The first-order valence-corrected chi connectivity index (χ1v) is 10.7. The van der Waals surface area contributed by atoms with Crippen molar-refractivity contribution in [2.24, 2.45) is 0 Å². The van der Waals surface area contributed by atoms with Gasteiger partial charge < -0.3 is 10.2 Å². The van der Waals surface area contributed by atoms with E-state index in [1.54, 1.807) is 25.4 Å². The second kappa shape index (κ2) is 7.79. The van der Waals surface area contributed by atoms with E-state index in [0.717, 1.165) is 5.56 Å². The number of rotatable bonds is 5. The number of amides is 2. The summed E-state index contributed by atoms with van der Waals surface area (Å²) >= 11 is 1.64. The van der Waals surface area contributed by atoms with E-state index in [1.165, 1.54) is 38.3 Å². The zero-order valence-electron chi connectivity index (χ0n) is 15.1. The van der Waals surface area contributed by atoms with E-state index in [1.807, 2.05) is 11.4 Å². The maximum Gasteiger partial charge on any atom is 0.251 e. The van der Waals surface area contributed by atoms with Gasteiger partial charge in [-0.05, 0) is 41.6 Å². The average molecular weight is 408 g/mol. The minimum Gasteiger partial charge on any atom is -0.347 e. The Morgan fingerprint density at radius 2 is 2.04 bits per heavy atom. The number of nitrogens with zero attached hydrogens (tertiary/aromatic N) is 2. The van der Waals surface area contributed by atoms with Gasteiger partial charge in [-0.1, -0.05) is 6.07 Å². The highest BCUT2D eigenvalue weighted by Crippen LogP contribution is 2.28. The summed E-state index contributed by atoms with van der Waals surface area (Å²) < 4.78 is 27.4. The van der Waals surface area contributed by atoms with Crippen LogP contribution in [0, 0.1) is 0 Å². The van der Waals surface area contributed by atoms with Gasteiger partial charge in [0.1, 0.15) is 0 Å². The van der Waals surface area contributed by atoms with E-state index in [-0.39, 0.29) is 22.9 Å². The molecule has 144 valence electrons. The van der Waals surface area contributed by atoms with Crippen molar-refractivity contribution in [1.82, 2.24) is 14.5 Å². The van der Waals surface area contributed by atoms with Crippen LogP contribution in [0.25, 0.3) is 0 Å². The van der Waals surface area contributed by atoms with Crippen molar-refractivity contribution < 1.29 is 18.0 Å². The smallest absolute Gasteiger partial charge is 0.251 e. The summed E-state index contributed by atoms with van der Waals surface area (Å²) in [5, 5.41) is 4.48. The summed E-state index contributed by atoms with van der Waals surface area (Å²) in [6, 6.07) is 7.86. The molecule has 0 unspecified atom stereocenters. The van der Waals surface area contributed by atoms with E-state index in [2.05, 4.69) is 5.32 Å². The largest absolute Gasteiger partial charge is 0.347 e. The van der Waals surface area contributed by atoms with E-state index >= 15 is 0 Å². The third-order valence-corrected chi connectivity index (χ3v) is 7.27. The minimum absolute atomic E-state index is 0.0766. The first-order valence-electron chi connectivity index (χ1n) is 8.43. The van der Waals surface area contributed by atoms with E-state index in [9.17, 15) is 18.0 Å². The molecule has 1 aromatic heterocycles. The molecular weight excluding hydrogens is 386 g/mol. The van der Waals surface area contributed by atoms with Gasteiger partial charge in [0.15, 0.2) is 0 Å². The molecule has 1 N–H and O–H groups in total. The maximum atomic E-state index is 13.0. The van der Waals surface area contributed by atoms with Crippen molar-refractivity contribution in [3.63, 3.8) is 0 Å². The lowest BCUT2D eigenvalue weighted by atomic mass is 10.1. The lowest BCUT2D eigenvalue weighted by molar-refractivity contribution is -0.127. The van der Waals surface area contributed by atoms with Crippen LogP contribution in [-0.2, 0) is 27.8 Å². The second-order valence-electron chi connectivity index (χ2n) is 6.46. The number of benzene rings is 1. The summed E-state index contributed by atoms with van der Waals surface area (Å²) in [5.74, 6) is -0.729. The van der Waals surface area contributed by atoms with Crippen molar-refractivity contribution in [2.75, 3.05) is 27.2 Å². The predicted molar refractivity (Wildman–Crippen MR) is 103 cm³/mol. The van der Waals surface area contributed by atoms with Gasteiger partial charge in [-0.15, -0.1) is 11.3 Å². The summed E-state index contributed by atoms with van der Waals surface area (Å²) in [6.45, 7) is 0.619. The van der Waals surface area contributed by atoms with Crippen LogP contribution in [0.4, 0.5) is 0 Å². The first-order chi connectivity index (χ1) is 12.8. The van der Waals surface area contributed by atoms with Gasteiger partial charge in [0.05, 0.1) is 11.4 Å². The minimum atomic E-state index is -3.70. The molecule has 0 atom stereocenters. The molecule has 0 bridgehead atoms. The zero-order chi connectivity index (χ0) is 19.6. The topological polar surface area (TPSA) is 86.8 Å². The average Bonchev–Trinajstić information content (AvgIpc) is 3.13. The molecule has 0 spiro atoms. The molecule has 0 radical (unpaired) electrons. The van der Waals surface area contributed by atoms with Crippen LogP contribution >= 0.6 is 11.3 Å². The van der Waals surface area contributed by atoms with Crippen LogP contribution in [0.1, 0.15) is 20.8 Å². The van der Waals surface area contributed by atoms with Crippen molar-refractivity contribution >= 4 is 33.2 Å². The fourth-order valence-electron chi connectivity index (χ4n) is 2.79. The standard InChI is InChI=1S/C18H21N3O4S2/c1-20(2)17(22)11-19-18(23)13-4-3-5-15(10-13)27(24,25)21-8-6-16-14(12-21)7-9-26-16/h3-5,7,9-10H,6,8,11-12H2,1-2H3,(H,19,23). The lowest BCUT2D eigenvalue weighted by Gasteiger charge is -2.26. The van der Waals surface area contributed by atoms with Gasteiger partial charge >= 0.3 is 0 Å². The molecule has 0 saturated carbocycles. The number of hydrogen-bond acceptors (Lipinski definition) is 5. The summed E-state index contributed by atoms with van der Waals surface area (Å²) in [6.07, 6.45) is 0.694. The fourth-order valence-corrected chi connectivity index (χ4v) is 5.15. The number of nitrogens with one attached hydrogen (secondary N) is 1. The quantitative estimate of drug-likeness (QED) is 0.810. The third kappa shape index (κ3) is 4.20. The van der Waals surface area contributed by atoms with E-state index < -0.39 is 15.9 Å². The highest BCUT2D eigenvalue weighted by molar-refractivity contribution is 7.89. The molecule has 0 fully saturated rings. The Bertz CT molecular complexity index is 966. The fraction of sp³-hybridized carbons (Fsp3) is 0.333. The number of fused-ring (bicyclic) bond motifs is 1. The van der Waals surface area contributed by atoms with Crippen molar-refractivity contribution in [1.29, 1.82) is 0 Å². The van der Waals surface area contributed by atoms with Crippen molar-refractivity contribution in [3.8, 4) is 0 Å². The number of hydrogen-bond donors (Lipinski definition) is 1. The molecule has 1 aromatic carbocycles. The van der Waals surface area contributed by atoms with Crippen molar-refractivity contribution in [3.05, 3.63) is 51.7 Å². The first kappa shape index (κ1) is 19.5. The van der Waals surface area contributed by atoms with E-state index in [0.29, 0.717) is 19.5 Å². The number of sulfonamides is 1. The predicted octanol–water partition coefficient (Wildman–Crippen LogP) is 1.31. The maximum absolute atomic E-state index is 13.0. The molecule has 3 rings (SSSR count). The molecule has 0 aliphatic carbocycles. The van der Waals surface area contributed by atoms with Crippen molar-refractivity contribution in [2.45, 2.75) is 17.9 Å². The summed E-state index contributed by atoms with van der Waals surface area (Å²) in [7, 11) is -0.508. The Morgan fingerprint density at radius 3 is 2.78 bits per heavy atom. The molecule has 7 nitrogen and oxygen atoms in total. The Morgan fingerprint density at radius 1 is 1.26 bits per heavy atom. The highest BCUT2D eigenvalue weighted by atomic mass is 32.2. The Kier molecular flexibility index (Phi) is 5.64.